The summed E-state index contributed by atoms with van der Waals surface area (Å²) < 4.78 is 5.07. The highest BCUT2D eigenvalue weighted by Crippen LogP contribution is 2.26. The van der Waals surface area contributed by atoms with E-state index in [2.05, 4.69) is 5.32 Å². The Morgan fingerprint density at radius 2 is 2.00 bits per heavy atom. The number of anilines is 2. The van der Waals surface area contributed by atoms with Crippen molar-refractivity contribution < 1.29 is 19.1 Å². The topological polar surface area (TPSA) is 99.5 Å². The van der Waals surface area contributed by atoms with Crippen LogP contribution >= 0.6 is 0 Å². The first-order chi connectivity index (χ1) is 13.5. The molecule has 0 unspecified atom stereocenters. The van der Waals surface area contributed by atoms with Crippen molar-refractivity contribution in [2.45, 2.75) is 13.3 Å². The fraction of sp³-hybridized carbons (Fsp3) is 0.238. The number of carbonyl (C=O) groups excluding carboxylic acids is 3. The molecule has 142 valence electrons. The van der Waals surface area contributed by atoms with Crippen LogP contribution in [-0.2, 0) is 19.1 Å². The van der Waals surface area contributed by atoms with Crippen LogP contribution in [0.1, 0.15) is 17.5 Å². The van der Waals surface area contributed by atoms with Crippen LogP contribution in [0.2, 0.25) is 0 Å². The molecule has 7 heteroatoms. The normalized spacial score (nSPS) is 15.8. The molecule has 0 aromatic heterocycles. The Kier molecular flexibility index (Phi) is 5.70. The molecule has 7 nitrogen and oxygen atoms in total. The first-order valence-corrected chi connectivity index (χ1v) is 8.80. The highest BCUT2D eigenvalue weighted by Gasteiger charge is 2.36. The molecule has 2 aromatic carbocycles. The van der Waals surface area contributed by atoms with Crippen LogP contribution in [0.4, 0.5) is 11.4 Å². The summed E-state index contributed by atoms with van der Waals surface area (Å²) in [6.45, 7) is 1.73. The standard InChI is InChI=1S/C21H19N3O4/c1-14-5-7-18(8-6-14)24-12-16(10-20(24)26)21(27)28-13-19(25)23-17-4-2-3-15(9-17)11-22/h2-9,16H,10,12-13H2,1H3,(H,23,25)/t16-/m0/s1. The number of amides is 2. The summed E-state index contributed by atoms with van der Waals surface area (Å²) in [5.74, 6) is -1.85. The van der Waals surface area contributed by atoms with Gasteiger partial charge in [0.05, 0.1) is 17.6 Å². The lowest BCUT2D eigenvalue weighted by atomic mass is 10.1. The van der Waals surface area contributed by atoms with E-state index in [9.17, 15) is 14.4 Å². The van der Waals surface area contributed by atoms with Crippen molar-refractivity contribution in [3.8, 4) is 6.07 Å². The third-order valence-corrected chi connectivity index (χ3v) is 4.42. The SMILES string of the molecule is Cc1ccc(N2C[C@@H](C(=O)OCC(=O)Nc3cccc(C#N)c3)CC2=O)cc1. The second-order valence-corrected chi connectivity index (χ2v) is 6.59. The largest absolute Gasteiger partial charge is 0.455 e. The average Bonchev–Trinajstić information content (AvgIpc) is 3.08. The Labute approximate surface area is 162 Å². The number of esters is 1. The first kappa shape index (κ1) is 19.1. The van der Waals surface area contributed by atoms with E-state index in [4.69, 9.17) is 10.00 Å². The predicted octanol–water partition coefficient (Wildman–Crippen LogP) is 2.40. The van der Waals surface area contributed by atoms with Crippen LogP contribution in [0.15, 0.2) is 48.5 Å². The number of hydrogen-bond acceptors (Lipinski definition) is 5. The van der Waals surface area contributed by atoms with Crippen LogP contribution in [0.5, 0.6) is 0 Å². The zero-order valence-corrected chi connectivity index (χ0v) is 15.3. The lowest BCUT2D eigenvalue weighted by molar-refractivity contribution is -0.151. The number of aryl methyl sites for hydroxylation is 1. The minimum absolute atomic E-state index is 0.0541. The molecule has 0 aliphatic carbocycles. The average molecular weight is 377 g/mol. The van der Waals surface area contributed by atoms with E-state index in [1.54, 1.807) is 23.1 Å². The maximum Gasteiger partial charge on any atom is 0.311 e. The third-order valence-electron chi connectivity index (χ3n) is 4.42. The van der Waals surface area contributed by atoms with E-state index in [0.29, 0.717) is 11.3 Å². The van der Waals surface area contributed by atoms with Crippen molar-refractivity contribution in [1.82, 2.24) is 0 Å². The quantitative estimate of drug-likeness (QED) is 0.807. The molecular weight excluding hydrogens is 358 g/mol. The second kappa shape index (κ2) is 8.35. The molecule has 1 atom stereocenters. The summed E-state index contributed by atoms with van der Waals surface area (Å²) >= 11 is 0. The zero-order valence-electron chi connectivity index (χ0n) is 15.3. The molecule has 1 saturated heterocycles. The van der Waals surface area contributed by atoms with E-state index in [1.807, 2.05) is 37.3 Å². The number of nitrogens with one attached hydrogen (secondary N) is 1. The van der Waals surface area contributed by atoms with E-state index >= 15 is 0 Å². The summed E-state index contributed by atoms with van der Waals surface area (Å²) in [5, 5.41) is 11.4. The van der Waals surface area contributed by atoms with Crippen LogP contribution < -0.4 is 10.2 Å². The molecule has 1 N–H and O–H groups in total. The summed E-state index contributed by atoms with van der Waals surface area (Å²) in [6.07, 6.45) is 0.0541. The zero-order chi connectivity index (χ0) is 20.1. The van der Waals surface area contributed by atoms with Crippen molar-refractivity contribution in [2.24, 2.45) is 5.92 Å². The van der Waals surface area contributed by atoms with Crippen molar-refractivity contribution in [3.63, 3.8) is 0 Å². The van der Waals surface area contributed by atoms with Crippen molar-refractivity contribution in [1.29, 1.82) is 5.26 Å². The highest BCUT2D eigenvalue weighted by molar-refractivity contribution is 6.00. The summed E-state index contributed by atoms with van der Waals surface area (Å²) in [5.41, 5.74) is 2.68. The predicted molar refractivity (Wildman–Crippen MR) is 102 cm³/mol. The fourth-order valence-corrected chi connectivity index (χ4v) is 2.96. The maximum atomic E-state index is 12.3. The number of carbonyl (C=O) groups is 3. The number of ether oxygens (including phenoxy) is 1. The molecule has 3 rings (SSSR count). The molecule has 1 aliphatic heterocycles. The lowest BCUT2D eigenvalue weighted by Crippen LogP contribution is -2.28. The molecule has 28 heavy (non-hydrogen) atoms. The van der Waals surface area contributed by atoms with Gasteiger partial charge in [-0.3, -0.25) is 14.4 Å². The third kappa shape index (κ3) is 4.54. The van der Waals surface area contributed by atoms with Crippen molar-refractivity contribution in [3.05, 3.63) is 59.7 Å². The summed E-state index contributed by atoms with van der Waals surface area (Å²) in [4.78, 5) is 38.0. The molecule has 2 amide bonds. The van der Waals surface area contributed by atoms with Gasteiger partial charge in [-0.15, -0.1) is 0 Å². The number of hydrogen-bond donors (Lipinski definition) is 1. The van der Waals surface area contributed by atoms with Crippen molar-refractivity contribution >= 4 is 29.2 Å². The van der Waals surface area contributed by atoms with Gasteiger partial charge >= 0.3 is 5.97 Å². The van der Waals surface area contributed by atoms with Crippen LogP contribution in [0.3, 0.4) is 0 Å². The Morgan fingerprint density at radius 3 is 2.71 bits per heavy atom. The van der Waals surface area contributed by atoms with Crippen LogP contribution in [-0.4, -0.2) is 30.9 Å². The Morgan fingerprint density at radius 1 is 1.25 bits per heavy atom. The summed E-state index contributed by atoms with van der Waals surface area (Å²) in [6, 6.07) is 15.9. The van der Waals surface area contributed by atoms with E-state index in [0.717, 1.165) is 11.3 Å². The van der Waals surface area contributed by atoms with Crippen LogP contribution in [0, 0.1) is 24.2 Å². The van der Waals surface area contributed by atoms with E-state index in [-0.39, 0.29) is 18.9 Å². The highest BCUT2D eigenvalue weighted by atomic mass is 16.5. The molecule has 1 aliphatic rings. The van der Waals surface area contributed by atoms with Gasteiger partial charge in [-0.25, -0.2) is 0 Å². The van der Waals surface area contributed by atoms with Gasteiger partial charge in [-0.05, 0) is 37.3 Å². The number of nitriles is 1. The molecule has 0 bridgehead atoms. The van der Waals surface area contributed by atoms with E-state index < -0.39 is 24.4 Å². The van der Waals surface area contributed by atoms with Gasteiger partial charge in [-0.2, -0.15) is 5.26 Å². The van der Waals surface area contributed by atoms with Gasteiger partial charge in [0, 0.05) is 24.3 Å². The molecule has 0 saturated carbocycles. The molecule has 0 radical (unpaired) electrons. The van der Waals surface area contributed by atoms with Gasteiger partial charge in [0.1, 0.15) is 0 Å². The molecule has 1 fully saturated rings. The van der Waals surface area contributed by atoms with Gasteiger partial charge in [0.15, 0.2) is 6.61 Å². The molecule has 2 aromatic rings. The van der Waals surface area contributed by atoms with Gasteiger partial charge < -0.3 is 15.0 Å². The van der Waals surface area contributed by atoms with Gasteiger partial charge in [-0.1, -0.05) is 23.8 Å². The minimum atomic E-state index is -0.608. The fourth-order valence-electron chi connectivity index (χ4n) is 2.96. The maximum absolute atomic E-state index is 12.3. The first-order valence-electron chi connectivity index (χ1n) is 8.80. The van der Waals surface area contributed by atoms with Crippen molar-refractivity contribution in [2.75, 3.05) is 23.4 Å². The molecule has 1 heterocycles. The number of benzene rings is 2. The van der Waals surface area contributed by atoms with Gasteiger partial charge in [0.2, 0.25) is 5.91 Å². The number of nitrogens with zero attached hydrogens (tertiary/aromatic N) is 2. The van der Waals surface area contributed by atoms with Crippen LogP contribution in [0.25, 0.3) is 0 Å². The monoisotopic (exact) mass is 377 g/mol. The van der Waals surface area contributed by atoms with E-state index in [1.165, 1.54) is 6.07 Å². The minimum Gasteiger partial charge on any atom is -0.455 e. The van der Waals surface area contributed by atoms with Gasteiger partial charge in [0.25, 0.3) is 5.91 Å². The Bertz CT molecular complexity index is 947. The second-order valence-electron chi connectivity index (χ2n) is 6.59. The summed E-state index contributed by atoms with van der Waals surface area (Å²) in [7, 11) is 0. The number of rotatable bonds is 5. The Hall–Kier alpha value is -3.66. The molecule has 0 spiro atoms. The lowest BCUT2D eigenvalue weighted by Gasteiger charge is -2.16. The smallest absolute Gasteiger partial charge is 0.311 e. The molecular formula is C21H19N3O4. The Balaban J connectivity index is 1.52.